The van der Waals surface area contributed by atoms with Gasteiger partial charge in [0.15, 0.2) is 23.1 Å². The molecule has 0 aliphatic heterocycles. The highest BCUT2D eigenvalue weighted by Gasteiger charge is 2.21. The Balaban J connectivity index is 1.14. The standard InChI is InChI=1S/C45H28N4O/c1-3-13-30(14-4-1)43-46-44(31-15-5-2-6-16-31)48-45(47-43)32-25-23-29(24-26-32)33-17-7-10-20-38(33)49-39-21-11-8-18-34(39)36-27-28-37-35-19-9-12-22-40(35)50-42(37)41(36)49/h1-28H. The lowest BCUT2D eigenvalue weighted by Gasteiger charge is -2.14. The molecule has 3 aromatic heterocycles. The topological polar surface area (TPSA) is 56.7 Å². The molecule has 0 amide bonds. The van der Waals surface area contributed by atoms with Crippen LogP contribution in [0.25, 0.3) is 94.7 Å². The second-order valence-corrected chi connectivity index (χ2v) is 12.4. The van der Waals surface area contributed by atoms with E-state index in [0.717, 1.165) is 71.9 Å². The third-order valence-electron chi connectivity index (χ3n) is 9.48. The van der Waals surface area contributed by atoms with Crippen molar-refractivity contribution in [1.29, 1.82) is 0 Å². The van der Waals surface area contributed by atoms with Crippen molar-refractivity contribution in [1.82, 2.24) is 19.5 Å². The maximum absolute atomic E-state index is 6.61. The van der Waals surface area contributed by atoms with E-state index >= 15 is 0 Å². The number of furan rings is 1. The lowest BCUT2D eigenvalue weighted by Crippen LogP contribution is -2.00. The zero-order valence-corrected chi connectivity index (χ0v) is 26.9. The molecule has 0 saturated carbocycles. The van der Waals surface area contributed by atoms with Gasteiger partial charge in [0.25, 0.3) is 0 Å². The van der Waals surface area contributed by atoms with Crippen molar-refractivity contribution < 1.29 is 4.42 Å². The fraction of sp³-hybridized carbons (Fsp3) is 0. The Kier molecular flexibility index (Phi) is 6.42. The molecule has 0 aliphatic carbocycles. The van der Waals surface area contributed by atoms with Crippen molar-refractivity contribution in [2.24, 2.45) is 0 Å². The zero-order valence-electron chi connectivity index (χ0n) is 26.9. The molecule has 0 atom stereocenters. The van der Waals surface area contributed by atoms with Crippen molar-refractivity contribution in [2.45, 2.75) is 0 Å². The molecule has 7 aromatic carbocycles. The van der Waals surface area contributed by atoms with E-state index in [-0.39, 0.29) is 0 Å². The lowest BCUT2D eigenvalue weighted by atomic mass is 10.0. The van der Waals surface area contributed by atoms with E-state index in [9.17, 15) is 0 Å². The summed E-state index contributed by atoms with van der Waals surface area (Å²) in [6, 6.07) is 58.5. The van der Waals surface area contributed by atoms with Gasteiger partial charge < -0.3 is 8.98 Å². The normalized spacial score (nSPS) is 11.6. The first kappa shape index (κ1) is 28.2. The monoisotopic (exact) mass is 640 g/mol. The summed E-state index contributed by atoms with van der Waals surface area (Å²) in [7, 11) is 0. The van der Waals surface area contributed by atoms with Crippen LogP contribution >= 0.6 is 0 Å². The number of hydrogen-bond acceptors (Lipinski definition) is 4. The minimum atomic E-state index is 0.632. The maximum Gasteiger partial charge on any atom is 0.164 e. The number of fused-ring (bicyclic) bond motifs is 7. The Morgan fingerprint density at radius 2 is 0.900 bits per heavy atom. The molecule has 10 rings (SSSR count). The molecule has 50 heavy (non-hydrogen) atoms. The molecule has 0 aliphatic rings. The highest BCUT2D eigenvalue weighted by molar-refractivity contribution is 6.21. The molecule has 0 saturated heterocycles. The van der Waals surface area contributed by atoms with Crippen LogP contribution in [0.3, 0.4) is 0 Å². The minimum absolute atomic E-state index is 0.632. The van der Waals surface area contributed by atoms with Gasteiger partial charge in [-0.1, -0.05) is 146 Å². The first-order valence-corrected chi connectivity index (χ1v) is 16.7. The van der Waals surface area contributed by atoms with E-state index < -0.39 is 0 Å². The smallest absolute Gasteiger partial charge is 0.164 e. The van der Waals surface area contributed by atoms with Crippen LogP contribution in [0.5, 0.6) is 0 Å². The molecule has 0 bridgehead atoms. The number of hydrogen-bond donors (Lipinski definition) is 0. The van der Waals surface area contributed by atoms with Crippen molar-refractivity contribution in [3.05, 3.63) is 170 Å². The van der Waals surface area contributed by atoms with Gasteiger partial charge in [0.1, 0.15) is 5.58 Å². The fourth-order valence-electron chi connectivity index (χ4n) is 7.13. The van der Waals surface area contributed by atoms with Crippen molar-refractivity contribution >= 4 is 43.7 Å². The molecule has 0 unspecified atom stereocenters. The minimum Gasteiger partial charge on any atom is -0.454 e. The van der Waals surface area contributed by atoms with E-state index in [1.54, 1.807) is 0 Å². The molecular formula is C45H28N4O. The molecule has 0 fully saturated rings. The van der Waals surface area contributed by atoms with E-state index in [1.165, 1.54) is 5.39 Å². The predicted octanol–water partition coefficient (Wildman–Crippen LogP) is 11.5. The fourth-order valence-corrected chi connectivity index (χ4v) is 7.13. The second-order valence-electron chi connectivity index (χ2n) is 12.4. The van der Waals surface area contributed by atoms with Gasteiger partial charge in [0.05, 0.1) is 16.7 Å². The molecular weight excluding hydrogens is 613 g/mol. The third kappa shape index (κ3) is 4.52. The van der Waals surface area contributed by atoms with E-state index in [0.29, 0.717) is 17.5 Å². The van der Waals surface area contributed by atoms with Gasteiger partial charge in [-0.05, 0) is 29.8 Å². The zero-order chi connectivity index (χ0) is 33.0. The molecule has 234 valence electrons. The van der Waals surface area contributed by atoms with E-state index in [2.05, 4.69) is 102 Å². The quantitative estimate of drug-likeness (QED) is 0.188. The van der Waals surface area contributed by atoms with Crippen LogP contribution in [0.2, 0.25) is 0 Å². The summed E-state index contributed by atoms with van der Waals surface area (Å²) in [5.41, 5.74) is 10.1. The van der Waals surface area contributed by atoms with Crippen molar-refractivity contribution in [3.63, 3.8) is 0 Å². The Labute approximate surface area is 287 Å². The van der Waals surface area contributed by atoms with Crippen LogP contribution in [0.1, 0.15) is 0 Å². The van der Waals surface area contributed by atoms with Crippen LogP contribution in [-0.2, 0) is 0 Å². The van der Waals surface area contributed by atoms with Gasteiger partial charge >= 0.3 is 0 Å². The van der Waals surface area contributed by atoms with Gasteiger partial charge in [-0.25, -0.2) is 15.0 Å². The SMILES string of the molecule is c1ccc(-c2nc(-c3ccccc3)nc(-c3ccc(-c4ccccc4-n4c5ccccc5c5ccc6c7ccccc7oc6c54)cc3)n2)cc1. The van der Waals surface area contributed by atoms with Gasteiger partial charge in [-0.15, -0.1) is 0 Å². The first-order chi connectivity index (χ1) is 24.8. The molecule has 0 spiro atoms. The van der Waals surface area contributed by atoms with Gasteiger partial charge in [0.2, 0.25) is 0 Å². The van der Waals surface area contributed by atoms with Crippen molar-refractivity contribution in [3.8, 4) is 51.0 Å². The second kappa shape index (κ2) is 11.4. The first-order valence-electron chi connectivity index (χ1n) is 16.7. The van der Waals surface area contributed by atoms with Crippen molar-refractivity contribution in [2.75, 3.05) is 0 Å². The summed E-state index contributed by atoms with van der Waals surface area (Å²) in [4.78, 5) is 14.7. The van der Waals surface area contributed by atoms with Crippen LogP contribution in [0.4, 0.5) is 0 Å². The summed E-state index contributed by atoms with van der Waals surface area (Å²) in [5, 5.41) is 4.58. The number of nitrogens with zero attached hydrogens (tertiary/aromatic N) is 4. The van der Waals surface area contributed by atoms with Crippen LogP contribution < -0.4 is 0 Å². The molecule has 0 N–H and O–H groups in total. The molecule has 0 radical (unpaired) electrons. The number of para-hydroxylation sites is 3. The van der Waals surface area contributed by atoms with Crippen LogP contribution in [-0.4, -0.2) is 19.5 Å². The average Bonchev–Trinajstić information content (AvgIpc) is 3.75. The predicted molar refractivity (Wildman–Crippen MR) is 203 cm³/mol. The summed E-state index contributed by atoms with van der Waals surface area (Å²) in [5.74, 6) is 1.92. The lowest BCUT2D eigenvalue weighted by molar-refractivity contribution is 0.671. The summed E-state index contributed by atoms with van der Waals surface area (Å²) in [6.45, 7) is 0. The number of rotatable bonds is 5. The van der Waals surface area contributed by atoms with Gasteiger partial charge in [-0.3, -0.25) is 0 Å². The highest BCUT2D eigenvalue weighted by atomic mass is 16.3. The molecule has 10 aromatic rings. The number of aromatic nitrogens is 4. The maximum atomic E-state index is 6.61. The Hall–Kier alpha value is -6.85. The summed E-state index contributed by atoms with van der Waals surface area (Å²) >= 11 is 0. The van der Waals surface area contributed by atoms with Crippen LogP contribution in [0.15, 0.2) is 174 Å². The number of benzene rings is 7. The van der Waals surface area contributed by atoms with Gasteiger partial charge in [-0.2, -0.15) is 0 Å². The average molecular weight is 641 g/mol. The van der Waals surface area contributed by atoms with E-state index in [1.807, 2.05) is 72.8 Å². The Morgan fingerprint density at radius 1 is 0.380 bits per heavy atom. The highest BCUT2D eigenvalue weighted by Crippen LogP contribution is 2.42. The third-order valence-corrected chi connectivity index (χ3v) is 9.48. The summed E-state index contributed by atoms with van der Waals surface area (Å²) in [6.07, 6.45) is 0. The summed E-state index contributed by atoms with van der Waals surface area (Å²) < 4.78 is 8.97. The van der Waals surface area contributed by atoms with Crippen LogP contribution in [0, 0.1) is 0 Å². The van der Waals surface area contributed by atoms with Gasteiger partial charge in [0, 0.05) is 43.8 Å². The Bertz CT molecular complexity index is 2800. The van der Waals surface area contributed by atoms with E-state index in [4.69, 9.17) is 19.4 Å². The Morgan fingerprint density at radius 3 is 1.60 bits per heavy atom. The molecule has 5 nitrogen and oxygen atoms in total. The molecule has 3 heterocycles. The largest absolute Gasteiger partial charge is 0.454 e. The molecule has 5 heteroatoms.